The van der Waals surface area contributed by atoms with Gasteiger partial charge in [-0.25, -0.2) is 19.7 Å². The topological polar surface area (TPSA) is 110 Å². The number of hydrogen-bond acceptors (Lipinski definition) is 6. The molecule has 0 spiro atoms. The minimum atomic E-state index is -0.366. The van der Waals surface area contributed by atoms with E-state index in [-0.39, 0.29) is 15.6 Å². The van der Waals surface area contributed by atoms with Gasteiger partial charge in [-0.1, -0.05) is 24.1 Å². The molecular weight excluding hydrogens is 368 g/mol. The van der Waals surface area contributed by atoms with Gasteiger partial charge in [0.15, 0.2) is 18.2 Å². The average molecular weight is 392 g/mol. The number of imidazole rings is 1. The Hall–Kier alpha value is -3.86. The van der Waals surface area contributed by atoms with Gasteiger partial charge in [-0.15, -0.1) is 5.92 Å². The third-order valence-electron chi connectivity index (χ3n) is 4.66. The number of fused-ring (bicyclic) bond motifs is 1. The van der Waals surface area contributed by atoms with Gasteiger partial charge < -0.3 is 20.4 Å². The van der Waals surface area contributed by atoms with Crippen molar-refractivity contribution in [3.05, 3.63) is 42.2 Å². The van der Waals surface area contributed by atoms with Crippen molar-refractivity contribution in [1.29, 1.82) is 0 Å². The molecule has 1 aliphatic heterocycles. The van der Waals surface area contributed by atoms with Gasteiger partial charge in [-0.2, -0.15) is 0 Å². The van der Waals surface area contributed by atoms with Gasteiger partial charge in [-0.05, 0) is 31.1 Å². The number of ether oxygens (including phenoxy) is 1. The zero-order chi connectivity index (χ0) is 20.2. The van der Waals surface area contributed by atoms with Crippen LogP contribution in [0.3, 0.4) is 0 Å². The van der Waals surface area contributed by atoms with Crippen LogP contribution < -0.4 is 5.73 Å². The molecule has 3 aromatic rings. The van der Waals surface area contributed by atoms with Crippen LogP contribution in [0.1, 0.15) is 21.9 Å². The maximum absolute atomic E-state index is 12.0. The van der Waals surface area contributed by atoms with Crippen LogP contribution >= 0.6 is 0 Å². The Morgan fingerprint density at radius 2 is 2.24 bits per heavy atom. The molecule has 1 amide bonds. The highest BCUT2D eigenvalue weighted by atomic mass is 16.6. The Morgan fingerprint density at radius 3 is 3.00 bits per heavy atom. The summed E-state index contributed by atoms with van der Waals surface area (Å²) in [6.07, 6.45) is 3.89. The number of carbonyl (C=O) groups is 1. The van der Waals surface area contributed by atoms with Crippen LogP contribution in [0, 0.1) is 11.8 Å². The number of nitrogens with one attached hydrogen (secondary N) is 1. The van der Waals surface area contributed by atoms with Crippen molar-refractivity contribution in [3.63, 3.8) is 0 Å². The van der Waals surface area contributed by atoms with Gasteiger partial charge in [0, 0.05) is 15.9 Å². The van der Waals surface area contributed by atoms with Gasteiger partial charge in [-0.3, -0.25) is 0 Å². The highest BCUT2D eigenvalue weighted by molar-refractivity contribution is 5.81. The largest absolute Gasteiger partial charge is 0.436 e. The van der Waals surface area contributed by atoms with Gasteiger partial charge in [0.25, 0.3) is 0 Å². The smallest absolute Gasteiger partial charge is 0.411 e. The van der Waals surface area contributed by atoms with Crippen LogP contribution in [-0.2, 0) is 4.74 Å². The lowest BCUT2D eigenvalue weighted by Crippen LogP contribution is -2.35. The van der Waals surface area contributed by atoms with Crippen LogP contribution in [0.5, 0.6) is 0 Å². The lowest BCUT2D eigenvalue weighted by molar-refractivity contribution is 0.118. The Balaban J connectivity index is 0.00000171. The van der Waals surface area contributed by atoms with Crippen molar-refractivity contribution in [2.45, 2.75) is 13.3 Å². The second kappa shape index (κ2) is 8.02. The number of nitrogen functional groups attached to an aromatic ring is 1. The summed E-state index contributed by atoms with van der Waals surface area (Å²) >= 11 is 0. The number of para-hydroxylation sites is 2. The first-order valence-electron chi connectivity index (χ1n) is 9.24. The van der Waals surface area contributed by atoms with Crippen molar-refractivity contribution in [3.8, 4) is 23.4 Å². The highest BCUT2D eigenvalue weighted by Crippen LogP contribution is 2.26. The van der Waals surface area contributed by atoms with Crippen molar-refractivity contribution in [2.24, 2.45) is 0 Å². The van der Waals surface area contributed by atoms with Crippen LogP contribution in [0.4, 0.5) is 10.6 Å². The molecule has 4 rings (SSSR count). The Bertz CT molecular complexity index is 1130. The maximum atomic E-state index is 12.0. The molecule has 8 nitrogen and oxygen atoms in total. The fourth-order valence-corrected chi connectivity index (χ4v) is 3.12. The average Bonchev–Trinajstić information content (AvgIpc) is 3.18. The van der Waals surface area contributed by atoms with E-state index >= 15 is 0 Å². The Morgan fingerprint density at radius 1 is 1.38 bits per heavy atom. The zero-order valence-electron chi connectivity index (χ0n) is 16.0. The maximum Gasteiger partial charge on any atom is 0.411 e. The van der Waals surface area contributed by atoms with Crippen LogP contribution in [0.2, 0.25) is 0 Å². The molecule has 150 valence electrons. The SMILES string of the molecule is CC#CCOC(=O)N1CC=C(c2cnc(N)c(-c3nc4ccccc4[nH]3)n2)CC1.[HH].[HH]. The third kappa shape index (κ3) is 3.89. The molecule has 2 aromatic heterocycles. The second-order valence-corrected chi connectivity index (χ2v) is 6.50. The minimum Gasteiger partial charge on any atom is -0.436 e. The van der Waals surface area contributed by atoms with E-state index in [1.165, 1.54) is 0 Å². The molecule has 1 aromatic carbocycles. The van der Waals surface area contributed by atoms with Crippen molar-refractivity contribution >= 4 is 28.5 Å². The molecule has 8 heteroatoms. The summed E-state index contributed by atoms with van der Waals surface area (Å²) in [5.41, 5.74) is 10.1. The van der Waals surface area contributed by atoms with Crippen LogP contribution in [-0.4, -0.2) is 50.6 Å². The van der Waals surface area contributed by atoms with Crippen molar-refractivity contribution in [1.82, 2.24) is 24.8 Å². The van der Waals surface area contributed by atoms with Gasteiger partial charge in [0.2, 0.25) is 0 Å². The molecule has 0 saturated carbocycles. The number of carbonyl (C=O) groups excluding carboxylic acids is 1. The van der Waals surface area contributed by atoms with E-state index in [1.807, 2.05) is 30.3 Å². The van der Waals surface area contributed by atoms with Crippen LogP contribution in [0.25, 0.3) is 28.1 Å². The summed E-state index contributed by atoms with van der Waals surface area (Å²) < 4.78 is 5.11. The molecule has 29 heavy (non-hydrogen) atoms. The highest BCUT2D eigenvalue weighted by Gasteiger charge is 2.21. The third-order valence-corrected chi connectivity index (χ3v) is 4.66. The number of benzene rings is 1. The number of anilines is 1. The van der Waals surface area contributed by atoms with Gasteiger partial charge in [0.1, 0.15) is 5.69 Å². The molecule has 0 saturated heterocycles. The number of hydrogen-bond donors (Lipinski definition) is 2. The van der Waals surface area contributed by atoms with E-state index < -0.39 is 0 Å². The second-order valence-electron chi connectivity index (χ2n) is 6.50. The lowest BCUT2D eigenvalue weighted by atomic mass is 10.1. The molecule has 1 aliphatic rings. The number of H-pyrrole nitrogens is 1. The van der Waals surface area contributed by atoms with Crippen molar-refractivity contribution in [2.75, 3.05) is 25.4 Å². The van der Waals surface area contributed by atoms with E-state index in [1.54, 1.807) is 18.0 Å². The number of amides is 1. The number of aromatic nitrogens is 4. The molecule has 0 bridgehead atoms. The number of aromatic amines is 1. The first-order chi connectivity index (χ1) is 14.2. The predicted molar refractivity (Wildman–Crippen MR) is 115 cm³/mol. The Kier molecular flexibility index (Phi) is 5.12. The Labute approximate surface area is 170 Å². The zero-order valence-corrected chi connectivity index (χ0v) is 16.0. The summed E-state index contributed by atoms with van der Waals surface area (Å²) in [5, 5.41) is 0. The summed E-state index contributed by atoms with van der Waals surface area (Å²) in [5.74, 6) is 6.30. The summed E-state index contributed by atoms with van der Waals surface area (Å²) in [6.45, 7) is 2.79. The fourth-order valence-electron chi connectivity index (χ4n) is 3.12. The van der Waals surface area contributed by atoms with Gasteiger partial charge in [0.05, 0.1) is 22.9 Å². The molecule has 3 N–H and O–H groups in total. The predicted octanol–water partition coefficient (Wildman–Crippen LogP) is 3.34. The summed E-state index contributed by atoms with van der Waals surface area (Å²) in [4.78, 5) is 30.5. The molecular formula is C21H24N6O2. The summed E-state index contributed by atoms with van der Waals surface area (Å²) in [6, 6.07) is 7.74. The molecule has 0 atom stereocenters. The molecule has 3 heterocycles. The van der Waals surface area contributed by atoms with E-state index in [4.69, 9.17) is 10.5 Å². The van der Waals surface area contributed by atoms with Gasteiger partial charge >= 0.3 is 6.09 Å². The number of rotatable bonds is 3. The van der Waals surface area contributed by atoms with Crippen LogP contribution in [0.15, 0.2) is 36.5 Å². The fraction of sp³-hybridized carbons (Fsp3) is 0.238. The first-order valence-corrected chi connectivity index (χ1v) is 9.24. The summed E-state index contributed by atoms with van der Waals surface area (Å²) in [7, 11) is 0. The molecule has 0 radical (unpaired) electrons. The standard InChI is InChI=1S/C21H20N6O2.2H2/c1-2-3-12-29-21(28)27-10-8-14(9-11-27)17-13-23-19(22)18(24-17)20-25-15-6-4-5-7-16(15)26-20;;/h4-8,13H,9-12H2,1H3,(H2,22,23)(H,25,26);2*1H. The molecule has 0 aliphatic carbocycles. The van der Waals surface area contributed by atoms with Crippen molar-refractivity contribution < 1.29 is 12.4 Å². The quantitative estimate of drug-likeness (QED) is 0.662. The molecule has 0 fully saturated rings. The van der Waals surface area contributed by atoms with E-state index in [2.05, 4.69) is 31.8 Å². The normalized spacial score (nSPS) is 13.6. The van der Waals surface area contributed by atoms with E-state index in [0.29, 0.717) is 36.8 Å². The molecule has 0 unspecified atom stereocenters. The first kappa shape index (κ1) is 18.5. The monoisotopic (exact) mass is 392 g/mol. The number of nitrogens with zero attached hydrogens (tertiary/aromatic N) is 4. The minimum absolute atomic E-state index is 0. The van der Waals surface area contributed by atoms with E-state index in [9.17, 15) is 4.79 Å². The lowest BCUT2D eigenvalue weighted by Gasteiger charge is -2.25. The van der Waals surface area contributed by atoms with E-state index in [0.717, 1.165) is 22.3 Å². The number of nitrogens with two attached hydrogens (primary N) is 1.